The molecule has 0 unspecified atom stereocenters. The van der Waals surface area contributed by atoms with Crippen LogP contribution in [0, 0.1) is 35.0 Å². The van der Waals surface area contributed by atoms with E-state index in [4.69, 9.17) is 4.74 Å². The van der Waals surface area contributed by atoms with E-state index in [-0.39, 0.29) is 36.5 Å². The minimum atomic E-state index is -1.38. The average molecular weight is 860 g/mol. The van der Waals surface area contributed by atoms with Gasteiger partial charge in [0.05, 0.1) is 50.6 Å². The first-order valence-corrected chi connectivity index (χ1v) is 22.1. The Morgan fingerprint density at radius 2 is 1.30 bits per heavy atom. The van der Waals surface area contributed by atoms with Crippen LogP contribution in [0.1, 0.15) is 132 Å². The van der Waals surface area contributed by atoms with E-state index in [1.54, 1.807) is 27.0 Å². The van der Waals surface area contributed by atoms with Crippen molar-refractivity contribution in [2.24, 2.45) is 35.0 Å². The molecule has 8 N–H and O–H groups in total. The Hall–Kier alpha value is -4.25. The van der Waals surface area contributed by atoms with Crippen molar-refractivity contribution >= 4 is 35.7 Å². The minimum absolute atomic E-state index is 0.0228. The van der Waals surface area contributed by atoms with Crippen LogP contribution in [0.3, 0.4) is 0 Å². The number of carbonyl (C=O) groups excluding carboxylic acids is 6. The lowest BCUT2D eigenvalue weighted by Crippen LogP contribution is -2.59. The van der Waals surface area contributed by atoms with Crippen molar-refractivity contribution in [3.8, 4) is 0 Å². The number of amides is 5. The number of hydrogen-bond donors (Lipinski definition) is 8. The molecule has 4 bridgehead atoms. The summed E-state index contributed by atoms with van der Waals surface area (Å²) in [5.41, 5.74) is -0.325. The molecule has 7 atom stereocenters. The van der Waals surface area contributed by atoms with Crippen LogP contribution in [0.5, 0.6) is 0 Å². The first kappa shape index (κ1) is 49.4. The zero-order chi connectivity index (χ0) is 45.2. The highest BCUT2D eigenvalue weighted by Gasteiger charge is 2.52. The fourth-order valence-electron chi connectivity index (χ4n) is 10.1. The van der Waals surface area contributed by atoms with Crippen molar-refractivity contribution in [3.63, 3.8) is 0 Å². The van der Waals surface area contributed by atoms with E-state index in [0.29, 0.717) is 36.3 Å². The highest BCUT2D eigenvalue weighted by molar-refractivity contribution is 5.92. The first-order chi connectivity index (χ1) is 28.5. The fourth-order valence-corrected chi connectivity index (χ4v) is 10.1. The first-order valence-electron chi connectivity index (χ1n) is 22.1. The highest BCUT2D eigenvalue weighted by Crippen LogP contribution is 2.61. The van der Waals surface area contributed by atoms with Crippen LogP contribution in [-0.2, 0) is 39.9 Å². The molecule has 344 valence electrons. The van der Waals surface area contributed by atoms with Gasteiger partial charge in [-0.15, -0.1) is 0 Å². The Morgan fingerprint density at radius 1 is 0.770 bits per heavy atom. The number of alkyl carbamates (subject to hydrolysis) is 1. The molecule has 0 aliphatic heterocycles. The number of aromatic amines is 1. The molecule has 1 aromatic heterocycles. The summed E-state index contributed by atoms with van der Waals surface area (Å²) in [4.78, 5) is 87.0. The van der Waals surface area contributed by atoms with Gasteiger partial charge in [0.25, 0.3) is 0 Å². The van der Waals surface area contributed by atoms with Crippen molar-refractivity contribution in [2.75, 3.05) is 7.11 Å². The molecule has 17 nitrogen and oxygen atoms in total. The second-order valence-corrected chi connectivity index (χ2v) is 20.1. The zero-order valence-corrected chi connectivity index (χ0v) is 37.7. The van der Waals surface area contributed by atoms with Gasteiger partial charge in [0.1, 0.15) is 23.7 Å². The van der Waals surface area contributed by atoms with Gasteiger partial charge in [-0.25, -0.2) is 9.78 Å². The number of nitrogens with zero attached hydrogens (tertiary/aromatic N) is 1. The summed E-state index contributed by atoms with van der Waals surface area (Å²) in [7, 11) is 1.21. The molecule has 4 fully saturated rings. The monoisotopic (exact) mass is 860 g/mol. The number of methoxy groups -OCH3 is 1. The van der Waals surface area contributed by atoms with Gasteiger partial charge in [-0.1, -0.05) is 27.7 Å². The third-order valence-electron chi connectivity index (χ3n) is 12.2. The van der Waals surface area contributed by atoms with E-state index in [2.05, 4.69) is 41.3 Å². The summed E-state index contributed by atoms with van der Waals surface area (Å²) < 4.78 is 10.2. The van der Waals surface area contributed by atoms with Gasteiger partial charge in [0.2, 0.25) is 23.6 Å². The minimum Gasteiger partial charge on any atom is -0.469 e. The van der Waals surface area contributed by atoms with E-state index in [1.807, 2.05) is 27.7 Å². The van der Waals surface area contributed by atoms with E-state index in [9.17, 15) is 39.0 Å². The molecule has 4 aliphatic rings. The normalized spacial score (nSPS) is 24.1. The molecule has 5 amide bonds. The van der Waals surface area contributed by atoms with Crippen LogP contribution in [0.25, 0.3) is 0 Å². The quantitative estimate of drug-likeness (QED) is 0.0787. The predicted octanol–water partition coefficient (Wildman–Crippen LogP) is 3.18. The molecule has 1 heterocycles. The number of H-pyrrole nitrogens is 1. The summed E-state index contributed by atoms with van der Waals surface area (Å²) in [6.07, 6.45) is 6.67. The zero-order valence-electron chi connectivity index (χ0n) is 37.7. The Balaban J connectivity index is 1.46. The van der Waals surface area contributed by atoms with E-state index in [0.717, 1.165) is 19.3 Å². The number of carbonyl (C=O) groups is 6. The molecule has 0 saturated heterocycles. The number of nitrogens with one attached hydrogen (secondary N) is 6. The summed E-state index contributed by atoms with van der Waals surface area (Å²) >= 11 is 0. The molecule has 0 spiro atoms. The number of esters is 1. The van der Waals surface area contributed by atoms with Gasteiger partial charge in [-0.05, 0) is 120 Å². The molecular formula is C44H73N7O10. The number of hydrogen-bond acceptors (Lipinski definition) is 11. The van der Waals surface area contributed by atoms with Crippen molar-refractivity contribution in [3.05, 3.63) is 18.2 Å². The Kier molecular flexibility index (Phi) is 17.6. The van der Waals surface area contributed by atoms with Crippen molar-refractivity contribution in [2.45, 2.75) is 180 Å². The molecule has 4 aliphatic carbocycles. The summed E-state index contributed by atoms with van der Waals surface area (Å²) in [5.74, 6) is -1.12. The van der Waals surface area contributed by atoms with Crippen LogP contribution in [0.2, 0.25) is 0 Å². The summed E-state index contributed by atoms with van der Waals surface area (Å²) in [6.45, 7) is 14.3. The summed E-state index contributed by atoms with van der Waals surface area (Å²) in [6, 6.07) is -4.89. The van der Waals surface area contributed by atoms with E-state index < -0.39 is 90.1 Å². The Bertz CT molecular complexity index is 1610. The molecule has 17 heteroatoms. The van der Waals surface area contributed by atoms with Gasteiger partial charge in [-0.3, -0.25) is 24.0 Å². The van der Waals surface area contributed by atoms with Gasteiger partial charge in [0, 0.05) is 18.3 Å². The second-order valence-electron chi connectivity index (χ2n) is 20.1. The molecule has 4 saturated carbocycles. The fraction of sp³-hybridized carbons (Fsp3) is 0.795. The topological polar surface area (TPSA) is 250 Å². The number of rotatable bonds is 22. The van der Waals surface area contributed by atoms with Gasteiger partial charge in [-0.2, -0.15) is 0 Å². The SMILES string of the molecule is COC(=O)C[C@H](O)[C@H](CC(C)C)NC(=O)[C@H](C)NC(=O)C[C@H](O)[C@H](CC(C)C)NC(=O)[C@H](Cc1cnc[nH]1)NC(=O)[C@H](CC12CC3CC(CC(C3)C1)C2)NC(=O)OC(C)(C)C. The lowest BCUT2D eigenvalue weighted by Gasteiger charge is -2.57. The van der Waals surface area contributed by atoms with Gasteiger partial charge in [0.15, 0.2) is 0 Å². The van der Waals surface area contributed by atoms with Gasteiger partial charge >= 0.3 is 12.1 Å². The maximum atomic E-state index is 14.4. The molecular weight excluding hydrogens is 787 g/mol. The van der Waals surface area contributed by atoms with E-state index in [1.165, 1.54) is 39.6 Å². The van der Waals surface area contributed by atoms with Crippen molar-refractivity contribution in [1.82, 2.24) is 36.6 Å². The Morgan fingerprint density at radius 3 is 1.79 bits per heavy atom. The number of aliphatic hydroxyl groups excluding tert-OH is 2. The average Bonchev–Trinajstić information content (AvgIpc) is 3.64. The third-order valence-corrected chi connectivity index (χ3v) is 12.2. The van der Waals surface area contributed by atoms with Crippen LogP contribution in [0.4, 0.5) is 4.79 Å². The maximum Gasteiger partial charge on any atom is 0.408 e. The van der Waals surface area contributed by atoms with Gasteiger partial charge < -0.3 is 51.3 Å². The second kappa shape index (κ2) is 21.7. The smallest absolute Gasteiger partial charge is 0.408 e. The molecule has 0 aromatic carbocycles. The lowest BCUT2D eigenvalue weighted by molar-refractivity contribution is -0.144. The predicted molar refractivity (Wildman–Crippen MR) is 226 cm³/mol. The number of imidazole rings is 1. The molecule has 5 rings (SSSR count). The maximum absolute atomic E-state index is 14.4. The van der Waals surface area contributed by atoms with Crippen molar-refractivity contribution < 1.29 is 48.5 Å². The standard InChI is InChI=1S/C44H73N7O10/c1-24(2)10-31(35(52)16-37(54)47-26(5)39(56)48-32(11-25(3)4)36(53)17-38(55)60-9)49-40(57)33(15-30-22-45-23-46-30)50-41(58)34(51-42(59)61-43(6,7)8)21-44-18-27-12-28(19-44)14-29(13-27)20-44/h22-29,31-36,52-53H,10-21H2,1-9H3,(H,45,46)(H,47,54)(H,48,56)(H,49,57)(H,50,58)(H,51,59)/t26-,27?,28?,29?,31-,32-,33-,34-,35-,36-,44?/m0/s1. The largest absolute Gasteiger partial charge is 0.469 e. The lowest BCUT2D eigenvalue weighted by atomic mass is 9.48. The van der Waals surface area contributed by atoms with Crippen LogP contribution < -0.4 is 26.6 Å². The molecule has 1 aromatic rings. The van der Waals surface area contributed by atoms with E-state index >= 15 is 0 Å². The molecule has 0 radical (unpaired) electrons. The molecule has 61 heavy (non-hydrogen) atoms. The third kappa shape index (κ3) is 15.6. The summed E-state index contributed by atoms with van der Waals surface area (Å²) in [5, 5.41) is 36.0. The van der Waals surface area contributed by atoms with Crippen LogP contribution in [0.15, 0.2) is 12.5 Å². The van der Waals surface area contributed by atoms with Crippen LogP contribution in [-0.4, -0.2) is 111 Å². The highest BCUT2D eigenvalue weighted by atomic mass is 16.6. The Labute approximate surface area is 360 Å². The number of ether oxygens (including phenoxy) is 2. The number of aliphatic hydroxyl groups is 2. The number of aromatic nitrogens is 2. The van der Waals surface area contributed by atoms with Crippen LogP contribution >= 0.6 is 0 Å². The van der Waals surface area contributed by atoms with Crippen molar-refractivity contribution in [1.29, 1.82) is 0 Å².